The van der Waals surface area contributed by atoms with Crippen molar-refractivity contribution in [2.75, 3.05) is 12.4 Å². The Kier molecular flexibility index (Phi) is 4.43. The second-order valence-corrected chi connectivity index (χ2v) is 4.06. The molecule has 0 unspecified atom stereocenters. The number of guanidine groups is 1. The molecule has 0 spiro atoms. The molecule has 0 aliphatic carbocycles. The summed E-state index contributed by atoms with van der Waals surface area (Å²) < 4.78 is 1.01. The minimum atomic E-state index is 0.505. The number of anilines is 1. The van der Waals surface area contributed by atoms with Gasteiger partial charge in [-0.05, 0) is 40.8 Å². The third kappa shape index (κ3) is 3.00. The fourth-order valence-corrected chi connectivity index (χ4v) is 1.88. The maximum absolute atomic E-state index is 5.82. The molecule has 76 valence electrons. The molecule has 0 radical (unpaired) electrons. The minimum Gasteiger partial charge on any atom is -0.324 e. The van der Waals surface area contributed by atoms with Crippen LogP contribution in [0.2, 0.25) is 5.02 Å². The van der Waals surface area contributed by atoms with Crippen LogP contribution in [0.1, 0.15) is 0 Å². The molecule has 0 bridgehead atoms. The van der Waals surface area contributed by atoms with E-state index in [0.717, 1.165) is 9.26 Å². The molecule has 14 heavy (non-hydrogen) atoms. The third-order valence-electron chi connectivity index (χ3n) is 1.54. The molecule has 6 heteroatoms. The lowest BCUT2D eigenvalue weighted by Gasteiger charge is -2.09. The monoisotopic (exact) mass is 324 g/mol. The molecule has 0 atom stereocenters. The van der Waals surface area contributed by atoms with Gasteiger partial charge in [0.25, 0.3) is 0 Å². The first-order chi connectivity index (χ1) is 6.67. The zero-order chi connectivity index (χ0) is 10.6. The molecule has 1 rings (SSSR count). The van der Waals surface area contributed by atoms with Crippen LogP contribution in [0.3, 0.4) is 0 Å². The van der Waals surface area contributed by atoms with E-state index >= 15 is 0 Å². The SMILES string of the molecule is CN=C(NN)Nc1ccc(Cl)cc1I. The normalized spacial score (nSPS) is 11.3. The van der Waals surface area contributed by atoms with Crippen LogP contribution in [0.5, 0.6) is 0 Å². The number of nitrogens with two attached hydrogens (primary N) is 1. The smallest absolute Gasteiger partial charge is 0.210 e. The fraction of sp³-hybridized carbons (Fsp3) is 0.125. The Morgan fingerprint density at radius 3 is 2.79 bits per heavy atom. The van der Waals surface area contributed by atoms with Crippen molar-refractivity contribution in [3.8, 4) is 0 Å². The van der Waals surface area contributed by atoms with E-state index in [9.17, 15) is 0 Å². The van der Waals surface area contributed by atoms with Crippen LogP contribution < -0.4 is 16.6 Å². The molecule has 0 amide bonds. The van der Waals surface area contributed by atoms with Gasteiger partial charge in [0, 0.05) is 15.6 Å². The van der Waals surface area contributed by atoms with E-state index in [4.69, 9.17) is 17.4 Å². The predicted octanol–water partition coefficient (Wildman–Crippen LogP) is 1.81. The summed E-state index contributed by atoms with van der Waals surface area (Å²) in [6, 6.07) is 5.52. The van der Waals surface area contributed by atoms with E-state index in [1.54, 1.807) is 13.1 Å². The van der Waals surface area contributed by atoms with Gasteiger partial charge in [-0.1, -0.05) is 11.6 Å². The van der Waals surface area contributed by atoms with Gasteiger partial charge in [-0.25, -0.2) is 5.84 Å². The van der Waals surface area contributed by atoms with Crippen LogP contribution >= 0.6 is 34.2 Å². The van der Waals surface area contributed by atoms with Gasteiger partial charge < -0.3 is 5.32 Å². The van der Waals surface area contributed by atoms with E-state index in [1.807, 2.05) is 12.1 Å². The van der Waals surface area contributed by atoms with Gasteiger partial charge in [-0.15, -0.1) is 0 Å². The Morgan fingerprint density at radius 2 is 2.29 bits per heavy atom. The number of rotatable bonds is 1. The van der Waals surface area contributed by atoms with Gasteiger partial charge in [-0.3, -0.25) is 10.4 Å². The molecule has 0 saturated carbocycles. The first kappa shape index (κ1) is 11.5. The zero-order valence-corrected chi connectivity index (χ0v) is 10.4. The topological polar surface area (TPSA) is 62.4 Å². The standard InChI is InChI=1S/C8H10ClIN4/c1-12-8(14-11)13-7-3-2-5(9)4-6(7)10/h2-4H,11H2,1H3,(H2,12,13,14). The zero-order valence-electron chi connectivity index (χ0n) is 7.51. The number of hydrogen-bond donors (Lipinski definition) is 3. The highest BCUT2D eigenvalue weighted by atomic mass is 127. The molecule has 1 aromatic rings. The van der Waals surface area contributed by atoms with Crippen LogP contribution in [0, 0.1) is 3.57 Å². The molecule has 0 aliphatic heterocycles. The van der Waals surface area contributed by atoms with E-state index < -0.39 is 0 Å². The lowest BCUT2D eigenvalue weighted by molar-refractivity contribution is 1.01. The maximum atomic E-state index is 5.82. The molecule has 4 N–H and O–H groups in total. The average molecular weight is 325 g/mol. The van der Waals surface area contributed by atoms with Crippen LogP contribution in [-0.2, 0) is 0 Å². The Hall–Kier alpha value is -0.530. The summed E-state index contributed by atoms with van der Waals surface area (Å²) >= 11 is 8.00. The molecular formula is C8H10ClIN4. The van der Waals surface area contributed by atoms with E-state index in [0.29, 0.717) is 11.0 Å². The summed E-state index contributed by atoms with van der Waals surface area (Å²) in [5, 5.41) is 3.73. The van der Waals surface area contributed by atoms with Gasteiger partial charge >= 0.3 is 0 Å². The Balaban J connectivity index is 2.87. The van der Waals surface area contributed by atoms with Gasteiger partial charge in [0.05, 0.1) is 5.69 Å². The second-order valence-electron chi connectivity index (χ2n) is 2.47. The van der Waals surface area contributed by atoms with Crippen molar-refractivity contribution in [3.05, 3.63) is 26.8 Å². The number of hydrazine groups is 1. The Morgan fingerprint density at radius 1 is 1.57 bits per heavy atom. The summed E-state index contributed by atoms with van der Waals surface area (Å²) in [6.07, 6.45) is 0. The summed E-state index contributed by atoms with van der Waals surface area (Å²) in [5.74, 6) is 5.74. The van der Waals surface area contributed by atoms with Crippen LogP contribution in [0.15, 0.2) is 23.2 Å². The van der Waals surface area contributed by atoms with E-state index in [1.165, 1.54) is 0 Å². The Labute approximate surface area is 101 Å². The highest BCUT2D eigenvalue weighted by molar-refractivity contribution is 14.1. The summed E-state index contributed by atoms with van der Waals surface area (Å²) in [6.45, 7) is 0. The Bertz CT molecular complexity index is 353. The van der Waals surface area contributed by atoms with Gasteiger partial charge in [0.1, 0.15) is 0 Å². The molecule has 4 nitrogen and oxygen atoms in total. The number of nitrogens with zero attached hydrogens (tertiary/aromatic N) is 1. The summed E-state index contributed by atoms with van der Waals surface area (Å²) in [5.41, 5.74) is 3.36. The van der Waals surface area contributed by atoms with Crippen molar-refractivity contribution in [2.45, 2.75) is 0 Å². The number of aliphatic imine (C=N–C) groups is 1. The van der Waals surface area contributed by atoms with Crippen molar-refractivity contribution >= 4 is 45.8 Å². The number of hydrogen-bond acceptors (Lipinski definition) is 2. The molecule has 0 aromatic heterocycles. The number of nitrogens with one attached hydrogen (secondary N) is 2. The first-order valence-corrected chi connectivity index (χ1v) is 5.28. The molecule has 0 saturated heterocycles. The lowest BCUT2D eigenvalue weighted by atomic mass is 10.3. The van der Waals surface area contributed by atoms with Crippen LogP contribution in [0.25, 0.3) is 0 Å². The average Bonchev–Trinajstić information content (AvgIpc) is 2.17. The van der Waals surface area contributed by atoms with Crippen molar-refractivity contribution in [2.24, 2.45) is 10.8 Å². The fourth-order valence-electron chi connectivity index (χ4n) is 0.875. The largest absolute Gasteiger partial charge is 0.324 e. The van der Waals surface area contributed by atoms with E-state index in [2.05, 4.69) is 38.3 Å². The summed E-state index contributed by atoms with van der Waals surface area (Å²) in [4.78, 5) is 3.90. The maximum Gasteiger partial charge on any atom is 0.210 e. The molecule has 1 aromatic carbocycles. The van der Waals surface area contributed by atoms with Crippen molar-refractivity contribution in [1.82, 2.24) is 5.43 Å². The minimum absolute atomic E-state index is 0.505. The van der Waals surface area contributed by atoms with Gasteiger partial charge in [-0.2, -0.15) is 0 Å². The molecule has 0 fully saturated rings. The van der Waals surface area contributed by atoms with Crippen molar-refractivity contribution in [3.63, 3.8) is 0 Å². The number of benzene rings is 1. The van der Waals surface area contributed by atoms with Crippen LogP contribution in [-0.4, -0.2) is 13.0 Å². The second kappa shape index (κ2) is 5.38. The van der Waals surface area contributed by atoms with Crippen molar-refractivity contribution < 1.29 is 0 Å². The molecule has 0 heterocycles. The quantitative estimate of drug-likeness (QED) is 0.243. The highest BCUT2D eigenvalue weighted by Crippen LogP contribution is 2.21. The summed E-state index contributed by atoms with van der Waals surface area (Å²) in [7, 11) is 1.64. The van der Waals surface area contributed by atoms with Gasteiger partial charge in [0.2, 0.25) is 5.96 Å². The predicted molar refractivity (Wildman–Crippen MR) is 68.5 cm³/mol. The van der Waals surface area contributed by atoms with Crippen LogP contribution in [0.4, 0.5) is 5.69 Å². The number of halogens is 2. The van der Waals surface area contributed by atoms with Gasteiger partial charge in [0.15, 0.2) is 0 Å². The van der Waals surface area contributed by atoms with Crippen molar-refractivity contribution in [1.29, 1.82) is 0 Å². The lowest BCUT2D eigenvalue weighted by Crippen LogP contribution is -2.36. The highest BCUT2D eigenvalue weighted by Gasteiger charge is 2.02. The first-order valence-electron chi connectivity index (χ1n) is 3.83. The third-order valence-corrected chi connectivity index (χ3v) is 2.67. The molecular weight excluding hydrogens is 314 g/mol. The molecule has 0 aliphatic rings. The van der Waals surface area contributed by atoms with E-state index in [-0.39, 0.29) is 0 Å².